The lowest BCUT2D eigenvalue weighted by Crippen LogP contribution is -2.05. The summed E-state index contributed by atoms with van der Waals surface area (Å²) < 4.78 is 1.06. The van der Waals surface area contributed by atoms with Crippen LogP contribution in [0.5, 0.6) is 0 Å². The molecule has 2 aromatic rings. The Bertz CT molecular complexity index is 424. The first-order chi connectivity index (χ1) is 6.29. The Morgan fingerprint density at radius 2 is 2.23 bits per heavy atom. The molecule has 1 aromatic heterocycles. The summed E-state index contributed by atoms with van der Waals surface area (Å²) in [7, 11) is 0. The van der Waals surface area contributed by atoms with Crippen LogP contribution in [0.4, 0.5) is 0 Å². The predicted octanol–water partition coefficient (Wildman–Crippen LogP) is 2.41. The quantitative estimate of drug-likeness (QED) is 0.707. The summed E-state index contributed by atoms with van der Waals surface area (Å²) in [6.45, 7) is 0.437. The van der Waals surface area contributed by atoms with Gasteiger partial charge in [-0.25, -0.2) is 0 Å². The standard InChI is InChI=1S/C9H9BrN2O/c10-7-1-2-9-6(3-7)4-8(12-9)5-11-13/h1-4,11-13H,5H2. The predicted molar refractivity (Wildman–Crippen MR) is 54.6 cm³/mol. The van der Waals surface area contributed by atoms with Crippen molar-refractivity contribution in [1.29, 1.82) is 0 Å². The molecule has 3 nitrogen and oxygen atoms in total. The lowest BCUT2D eigenvalue weighted by atomic mass is 10.2. The molecule has 0 saturated carbocycles. The minimum Gasteiger partial charge on any atom is -0.357 e. The van der Waals surface area contributed by atoms with Gasteiger partial charge in [0.05, 0.1) is 6.54 Å². The Morgan fingerprint density at radius 1 is 1.38 bits per heavy atom. The van der Waals surface area contributed by atoms with Crippen LogP contribution in [0, 0.1) is 0 Å². The SMILES string of the molecule is ONCc1cc2cc(Br)ccc2[nH]1. The highest BCUT2D eigenvalue weighted by Gasteiger charge is 1.99. The molecule has 0 unspecified atom stereocenters. The number of hydrogen-bond acceptors (Lipinski definition) is 2. The van der Waals surface area contributed by atoms with Crippen LogP contribution in [0.3, 0.4) is 0 Å². The van der Waals surface area contributed by atoms with Crippen molar-refractivity contribution >= 4 is 26.8 Å². The maximum absolute atomic E-state index is 8.52. The van der Waals surface area contributed by atoms with E-state index in [1.54, 1.807) is 0 Å². The van der Waals surface area contributed by atoms with E-state index in [1.165, 1.54) is 0 Å². The highest BCUT2D eigenvalue weighted by atomic mass is 79.9. The zero-order chi connectivity index (χ0) is 9.26. The van der Waals surface area contributed by atoms with Gasteiger partial charge in [-0.2, -0.15) is 5.48 Å². The van der Waals surface area contributed by atoms with E-state index >= 15 is 0 Å². The average Bonchev–Trinajstić information content (AvgIpc) is 2.46. The Kier molecular flexibility index (Phi) is 2.35. The fourth-order valence-electron chi connectivity index (χ4n) is 1.34. The molecule has 0 spiro atoms. The second-order valence-electron chi connectivity index (χ2n) is 2.86. The Hall–Kier alpha value is -0.840. The third kappa shape index (κ3) is 1.75. The molecule has 3 N–H and O–H groups in total. The molecule has 1 aromatic carbocycles. The Balaban J connectivity index is 2.49. The third-order valence-corrected chi connectivity index (χ3v) is 2.40. The third-order valence-electron chi connectivity index (χ3n) is 1.91. The maximum atomic E-state index is 8.52. The van der Waals surface area contributed by atoms with E-state index in [9.17, 15) is 0 Å². The minimum absolute atomic E-state index is 0.437. The molecule has 0 fully saturated rings. The normalized spacial score (nSPS) is 10.9. The van der Waals surface area contributed by atoms with E-state index in [0.717, 1.165) is 21.1 Å². The van der Waals surface area contributed by atoms with E-state index in [0.29, 0.717) is 6.54 Å². The van der Waals surface area contributed by atoms with Crippen molar-refractivity contribution in [1.82, 2.24) is 10.5 Å². The lowest BCUT2D eigenvalue weighted by Gasteiger charge is -1.91. The van der Waals surface area contributed by atoms with E-state index in [2.05, 4.69) is 26.4 Å². The molecule has 0 radical (unpaired) electrons. The van der Waals surface area contributed by atoms with E-state index < -0.39 is 0 Å². The summed E-state index contributed by atoms with van der Waals surface area (Å²) in [6, 6.07) is 8.02. The second kappa shape index (κ2) is 3.49. The van der Waals surface area contributed by atoms with E-state index in [-0.39, 0.29) is 0 Å². The van der Waals surface area contributed by atoms with Gasteiger partial charge in [0, 0.05) is 21.1 Å². The molecule has 68 valence electrons. The number of nitrogens with one attached hydrogen (secondary N) is 2. The summed E-state index contributed by atoms with van der Waals surface area (Å²) >= 11 is 3.40. The number of aromatic nitrogens is 1. The summed E-state index contributed by atoms with van der Waals surface area (Å²) in [5, 5.41) is 9.66. The molecule has 0 aliphatic rings. The van der Waals surface area contributed by atoms with Crippen LogP contribution in [0.1, 0.15) is 5.69 Å². The van der Waals surface area contributed by atoms with Crippen LogP contribution < -0.4 is 5.48 Å². The van der Waals surface area contributed by atoms with Gasteiger partial charge in [-0.1, -0.05) is 15.9 Å². The largest absolute Gasteiger partial charge is 0.357 e. The van der Waals surface area contributed by atoms with Crippen LogP contribution in [-0.4, -0.2) is 10.2 Å². The van der Waals surface area contributed by atoms with Crippen molar-refractivity contribution in [2.45, 2.75) is 6.54 Å². The molecule has 0 atom stereocenters. The van der Waals surface area contributed by atoms with Crippen LogP contribution in [-0.2, 0) is 6.54 Å². The fraction of sp³-hybridized carbons (Fsp3) is 0.111. The van der Waals surface area contributed by atoms with Gasteiger partial charge in [-0.15, -0.1) is 0 Å². The van der Waals surface area contributed by atoms with E-state index in [4.69, 9.17) is 5.21 Å². The average molecular weight is 241 g/mol. The van der Waals surface area contributed by atoms with Crippen LogP contribution in [0.25, 0.3) is 10.9 Å². The number of rotatable bonds is 2. The Morgan fingerprint density at radius 3 is 3.00 bits per heavy atom. The van der Waals surface area contributed by atoms with Gasteiger partial charge in [-0.3, -0.25) is 0 Å². The summed E-state index contributed by atoms with van der Waals surface area (Å²) in [5.41, 5.74) is 4.16. The van der Waals surface area contributed by atoms with Gasteiger partial charge in [0.25, 0.3) is 0 Å². The van der Waals surface area contributed by atoms with Crippen LogP contribution in [0.15, 0.2) is 28.7 Å². The first-order valence-electron chi connectivity index (χ1n) is 3.94. The highest BCUT2D eigenvalue weighted by Crippen LogP contribution is 2.20. The van der Waals surface area contributed by atoms with Gasteiger partial charge in [0.1, 0.15) is 0 Å². The van der Waals surface area contributed by atoms with Gasteiger partial charge in [0.2, 0.25) is 0 Å². The van der Waals surface area contributed by atoms with Crippen molar-refractivity contribution < 1.29 is 5.21 Å². The summed E-state index contributed by atoms with van der Waals surface area (Å²) in [5.74, 6) is 0. The van der Waals surface area contributed by atoms with Crippen molar-refractivity contribution in [3.63, 3.8) is 0 Å². The molecule has 0 aliphatic carbocycles. The monoisotopic (exact) mass is 240 g/mol. The molecule has 2 rings (SSSR count). The number of benzene rings is 1. The van der Waals surface area contributed by atoms with Gasteiger partial charge in [0.15, 0.2) is 0 Å². The highest BCUT2D eigenvalue weighted by molar-refractivity contribution is 9.10. The molecule has 4 heteroatoms. The van der Waals surface area contributed by atoms with Crippen molar-refractivity contribution in [3.05, 3.63) is 34.4 Å². The number of halogens is 1. The molecular formula is C9H9BrN2O. The van der Waals surface area contributed by atoms with Crippen LogP contribution in [0.2, 0.25) is 0 Å². The number of hydroxylamine groups is 1. The number of fused-ring (bicyclic) bond motifs is 1. The zero-order valence-corrected chi connectivity index (χ0v) is 8.43. The summed E-state index contributed by atoms with van der Waals surface area (Å²) in [6.07, 6.45) is 0. The lowest BCUT2D eigenvalue weighted by molar-refractivity contribution is 0.160. The van der Waals surface area contributed by atoms with Gasteiger partial charge < -0.3 is 10.2 Å². The van der Waals surface area contributed by atoms with E-state index in [1.807, 2.05) is 24.3 Å². The van der Waals surface area contributed by atoms with Crippen molar-refractivity contribution in [3.8, 4) is 0 Å². The zero-order valence-electron chi connectivity index (χ0n) is 6.84. The topological polar surface area (TPSA) is 48.0 Å². The molecule has 1 heterocycles. The molecule has 0 amide bonds. The number of H-pyrrole nitrogens is 1. The molecule has 0 bridgehead atoms. The molecule has 13 heavy (non-hydrogen) atoms. The van der Waals surface area contributed by atoms with Crippen molar-refractivity contribution in [2.75, 3.05) is 0 Å². The number of aromatic amines is 1. The first kappa shape index (κ1) is 8.74. The summed E-state index contributed by atoms with van der Waals surface area (Å²) in [4.78, 5) is 3.18. The Labute approximate surface area is 83.9 Å². The number of hydrogen-bond donors (Lipinski definition) is 3. The minimum atomic E-state index is 0.437. The maximum Gasteiger partial charge on any atom is 0.0609 e. The fourth-order valence-corrected chi connectivity index (χ4v) is 1.72. The molecular weight excluding hydrogens is 232 g/mol. The van der Waals surface area contributed by atoms with Gasteiger partial charge in [-0.05, 0) is 24.3 Å². The second-order valence-corrected chi connectivity index (χ2v) is 3.78. The van der Waals surface area contributed by atoms with Crippen molar-refractivity contribution in [2.24, 2.45) is 0 Å². The molecule has 0 saturated heterocycles. The van der Waals surface area contributed by atoms with Crippen LogP contribution >= 0.6 is 15.9 Å². The van der Waals surface area contributed by atoms with Gasteiger partial charge >= 0.3 is 0 Å². The molecule has 0 aliphatic heterocycles. The first-order valence-corrected chi connectivity index (χ1v) is 4.73. The smallest absolute Gasteiger partial charge is 0.0609 e.